The number of rotatable bonds is 6. The molecule has 0 spiro atoms. The number of hydrogen-bond donors (Lipinski definition) is 2. The first-order valence-corrected chi connectivity index (χ1v) is 12.8. The van der Waals surface area contributed by atoms with E-state index in [2.05, 4.69) is 10.3 Å². The standard InChI is InChI=1S/C22H28N4O3S2/c1-15(16-8-6-5-7-9-16)24-20(27)17-12-18(22(2)10-11-30-21(23)25-22)14-19(13-17)26(3)31(4,28)29/h5-9,12-15H,10-11H2,1-4H3,(H2,23,25)(H,24,27)/t15-,22?/m1/s1. The van der Waals surface area contributed by atoms with Crippen LogP contribution in [0.5, 0.6) is 0 Å². The second-order valence-corrected chi connectivity index (χ2v) is 11.1. The Kier molecular flexibility index (Phi) is 6.66. The Morgan fingerprint density at radius 1 is 1.26 bits per heavy atom. The number of nitrogens with one attached hydrogen (secondary N) is 1. The SMILES string of the molecule is C[C@@H](NC(=O)c1cc(N(C)S(C)(=O)=O)cc(C2(C)CCSC(N)=N2)c1)c1ccccc1. The highest BCUT2D eigenvalue weighted by atomic mass is 32.2. The summed E-state index contributed by atoms with van der Waals surface area (Å²) >= 11 is 1.49. The van der Waals surface area contributed by atoms with Crippen LogP contribution in [-0.2, 0) is 15.6 Å². The van der Waals surface area contributed by atoms with Crippen molar-refractivity contribution in [2.24, 2.45) is 10.7 Å². The predicted molar refractivity (Wildman–Crippen MR) is 128 cm³/mol. The first-order chi connectivity index (χ1) is 14.5. The summed E-state index contributed by atoms with van der Waals surface area (Å²) in [4.78, 5) is 17.7. The normalized spacial score (nSPS) is 19.9. The maximum Gasteiger partial charge on any atom is 0.251 e. The molecule has 0 radical (unpaired) electrons. The molecule has 31 heavy (non-hydrogen) atoms. The Morgan fingerprint density at radius 2 is 1.94 bits per heavy atom. The minimum atomic E-state index is -3.51. The van der Waals surface area contributed by atoms with Gasteiger partial charge in [-0.15, -0.1) is 0 Å². The number of sulfonamides is 1. The van der Waals surface area contributed by atoms with Crippen molar-refractivity contribution in [1.82, 2.24) is 5.32 Å². The largest absolute Gasteiger partial charge is 0.379 e. The zero-order valence-corrected chi connectivity index (χ0v) is 19.8. The van der Waals surface area contributed by atoms with E-state index in [0.29, 0.717) is 16.4 Å². The van der Waals surface area contributed by atoms with Crippen LogP contribution < -0.4 is 15.4 Å². The fourth-order valence-electron chi connectivity index (χ4n) is 3.43. The topological polar surface area (TPSA) is 105 Å². The summed E-state index contributed by atoms with van der Waals surface area (Å²) in [6.45, 7) is 3.86. The molecule has 1 heterocycles. The number of amidine groups is 1. The molecular formula is C22H28N4O3S2. The molecule has 2 aromatic rings. The van der Waals surface area contributed by atoms with Crippen molar-refractivity contribution < 1.29 is 13.2 Å². The smallest absolute Gasteiger partial charge is 0.251 e. The lowest BCUT2D eigenvalue weighted by Crippen LogP contribution is -2.31. The predicted octanol–water partition coefficient (Wildman–Crippen LogP) is 3.24. The van der Waals surface area contributed by atoms with Gasteiger partial charge in [0.2, 0.25) is 10.0 Å². The number of aliphatic imine (C=N–C) groups is 1. The number of amides is 1. The fraction of sp³-hybridized carbons (Fsp3) is 0.364. The zero-order valence-electron chi connectivity index (χ0n) is 18.1. The maximum atomic E-state index is 13.1. The van der Waals surface area contributed by atoms with Gasteiger partial charge in [0.25, 0.3) is 5.91 Å². The third kappa shape index (κ3) is 5.40. The van der Waals surface area contributed by atoms with Crippen LogP contribution in [0.25, 0.3) is 0 Å². The van der Waals surface area contributed by atoms with Crippen LogP contribution >= 0.6 is 11.8 Å². The van der Waals surface area contributed by atoms with Gasteiger partial charge in [0.05, 0.1) is 23.5 Å². The molecule has 0 fully saturated rings. The van der Waals surface area contributed by atoms with Crippen molar-refractivity contribution >= 4 is 38.5 Å². The van der Waals surface area contributed by atoms with E-state index >= 15 is 0 Å². The maximum absolute atomic E-state index is 13.1. The molecule has 2 aromatic carbocycles. The summed E-state index contributed by atoms with van der Waals surface area (Å²) in [5, 5.41) is 3.48. The van der Waals surface area contributed by atoms with Crippen LogP contribution in [0.4, 0.5) is 5.69 Å². The monoisotopic (exact) mass is 460 g/mol. The minimum absolute atomic E-state index is 0.205. The van der Waals surface area contributed by atoms with E-state index in [9.17, 15) is 13.2 Å². The van der Waals surface area contributed by atoms with Gasteiger partial charge in [-0.1, -0.05) is 42.1 Å². The molecule has 3 rings (SSSR count). The molecule has 0 aliphatic carbocycles. The lowest BCUT2D eigenvalue weighted by atomic mass is 9.88. The molecule has 1 aliphatic heterocycles. The van der Waals surface area contributed by atoms with Gasteiger partial charge in [0.1, 0.15) is 0 Å². The number of nitrogens with two attached hydrogens (primary N) is 1. The molecule has 166 valence electrons. The van der Waals surface area contributed by atoms with Crippen molar-refractivity contribution in [3.05, 3.63) is 65.2 Å². The molecule has 0 saturated heterocycles. The van der Waals surface area contributed by atoms with Crippen molar-refractivity contribution in [1.29, 1.82) is 0 Å². The van der Waals surface area contributed by atoms with E-state index in [1.54, 1.807) is 18.2 Å². The highest BCUT2D eigenvalue weighted by Crippen LogP contribution is 2.37. The molecule has 1 amide bonds. The van der Waals surface area contributed by atoms with Gasteiger partial charge in [-0.05, 0) is 49.6 Å². The number of thioether (sulfide) groups is 1. The van der Waals surface area contributed by atoms with Crippen LogP contribution in [0.3, 0.4) is 0 Å². The zero-order chi connectivity index (χ0) is 22.8. The average molecular weight is 461 g/mol. The Bertz CT molecular complexity index is 1100. The highest BCUT2D eigenvalue weighted by Gasteiger charge is 2.31. The molecule has 3 N–H and O–H groups in total. The van der Waals surface area contributed by atoms with Crippen LogP contribution in [0.2, 0.25) is 0 Å². The summed E-state index contributed by atoms with van der Waals surface area (Å²) in [5.74, 6) is 0.511. The van der Waals surface area contributed by atoms with Crippen LogP contribution in [0.1, 0.15) is 47.8 Å². The van der Waals surface area contributed by atoms with Crippen molar-refractivity contribution in [3.8, 4) is 0 Å². The number of hydrogen-bond acceptors (Lipinski definition) is 6. The summed E-state index contributed by atoms with van der Waals surface area (Å²) in [6.07, 6.45) is 1.86. The molecule has 0 bridgehead atoms. The number of nitrogens with zero attached hydrogens (tertiary/aromatic N) is 2. The molecule has 1 aliphatic rings. The van der Waals surface area contributed by atoms with Crippen molar-refractivity contribution in [2.45, 2.75) is 31.8 Å². The quantitative estimate of drug-likeness (QED) is 0.689. The Balaban J connectivity index is 2.02. The summed E-state index contributed by atoms with van der Waals surface area (Å²) in [5.41, 5.74) is 7.85. The van der Waals surface area contributed by atoms with Crippen molar-refractivity contribution in [2.75, 3.05) is 23.4 Å². The fourth-order valence-corrected chi connectivity index (χ4v) is 4.89. The highest BCUT2D eigenvalue weighted by molar-refractivity contribution is 8.13. The number of benzene rings is 2. The summed E-state index contributed by atoms with van der Waals surface area (Å²) in [6, 6.07) is 14.6. The third-order valence-electron chi connectivity index (χ3n) is 5.51. The summed E-state index contributed by atoms with van der Waals surface area (Å²) < 4.78 is 25.5. The molecule has 1 unspecified atom stereocenters. The van der Waals surface area contributed by atoms with E-state index in [1.165, 1.54) is 23.1 Å². The van der Waals surface area contributed by atoms with E-state index < -0.39 is 15.6 Å². The summed E-state index contributed by atoms with van der Waals surface area (Å²) in [7, 11) is -2.03. The Labute approximate surface area is 188 Å². The first-order valence-electron chi connectivity index (χ1n) is 9.93. The Morgan fingerprint density at radius 3 is 2.55 bits per heavy atom. The number of carbonyl (C=O) groups excluding carboxylic acids is 1. The lowest BCUT2D eigenvalue weighted by molar-refractivity contribution is 0.0939. The van der Waals surface area contributed by atoms with Gasteiger partial charge in [-0.25, -0.2) is 8.42 Å². The van der Waals surface area contributed by atoms with E-state index in [1.807, 2.05) is 44.2 Å². The van der Waals surface area contributed by atoms with E-state index in [0.717, 1.165) is 29.6 Å². The molecule has 0 aromatic heterocycles. The van der Waals surface area contributed by atoms with Gasteiger partial charge in [0.15, 0.2) is 5.17 Å². The van der Waals surface area contributed by atoms with E-state index in [4.69, 9.17) is 5.73 Å². The van der Waals surface area contributed by atoms with Gasteiger partial charge < -0.3 is 11.1 Å². The number of anilines is 1. The van der Waals surface area contributed by atoms with Gasteiger partial charge in [-0.2, -0.15) is 0 Å². The van der Waals surface area contributed by atoms with E-state index in [-0.39, 0.29) is 11.9 Å². The Hall–Kier alpha value is -2.52. The number of carbonyl (C=O) groups is 1. The van der Waals surface area contributed by atoms with Crippen molar-refractivity contribution in [3.63, 3.8) is 0 Å². The van der Waals surface area contributed by atoms with Gasteiger partial charge >= 0.3 is 0 Å². The molecular weight excluding hydrogens is 432 g/mol. The average Bonchev–Trinajstić information content (AvgIpc) is 2.72. The minimum Gasteiger partial charge on any atom is -0.379 e. The first kappa shape index (κ1) is 23.1. The second kappa shape index (κ2) is 8.92. The second-order valence-electron chi connectivity index (χ2n) is 7.93. The molecule has 7 nitrogen and oxygen atoms in total. The molecule has 9 heteroatoms. The van der Waals surface area contributed by atoms with Gasteiger partial charge in [-0.3, -0.25) is 14.1 Å². The van der Waals surface area contributed by atoms with Crippen LogP contribution in [0, 0.1) is 0 Å². The van der Waals surface area contributed by atoms with Crippen LogP contribution in [0.15, 0.2) is 53.5 Å². The van der Waals surface area contributed by atoms with Crippen LogP contribution in [-0.4, -0.2) is 38.5 Å². The third-order valence-corrected chi connectivity index (χ3v) is 7.51. The molecule has 0 saturated carbocycles. The van der Waals surface area contributed by atoms with Gasteiger partial charge in [0, 0.05) is 18.4 Å². The molecule has 2 atom stereocenters. The lowest BCUT2D eigenvalue weighted by Gasteiger charge is -2.31.